The topological polar surface area (TPSA) is 59.3 Å². The van der Waals surface area contributed by atoms with Gasteiger partial charge in [0.25, 0.3) is 0 Å². The molecule has 1 aromatic rings. The molecule has 0 heterocycles. The van der Waals surface area contributed by atoms with E-state index in [4.69, 9.17) is 22.2 Å². The quantitative estimate of drug-likeness (QED) is 0.294. The second-order valence-electron chi connectivity index (χ2n) is 3.09. The monoisotopic (exact) mass is 229 g/mol. The highest BCUT2D eigenvalue weighted by Gasteiger charge is 2.01. The van der Waals surface area contributed by atoms with Crippen LogP contribution in [0.15, 0.2) is 18.2 Å². The van der Waals surface area contributed by atoms with Gasteiger partial charge in [-0.3, -0.25) is 5.84 Å². The smallest absolute Gasteiger partial charge is 0.120 e. The van der Waals surface area contributed by atoms with Crippen LogP contribution in [-0.2, 0) is 6.42 Å². The summed E-state index contributed by atoms with van der Waals surface area (Å²) >= 11 is 6.07. The molecule has 0 unspecified atom stereocenters. The molecule has 0 radical (unpaired) electrons. The predicted octanol–water partition coefficient (Wildman–Crippen LogP) is 0.901. The molecule has 0 atom stereocenters. The van der Waals surface area contributed by atoms with Crippen molar-refractivity contribution in [1.29, 1.82) is 0 Å². The Balaban J connectivity index is 2.47. The maximum Gasteiger partial charge on any atom is 0.120 e. The van der Waals surface area contributed by atoms with Gasteiger partial charge in [0.05, 0.1) is 13.8 Å². The van der Waals surface area contributed by atoms with Crippen molar-refractivity contribution in [2.45, 2.75) is 6.42 Å². The number of hydrazine groups is 1. The molecule has 4 nitrogen and oxygen atoms in total. The number of rotatable bonds is 6. The summed E-state index contributed by atoms with van der Waals surface area (Å²) in [4.78, 5) is 0. The molecule has 0 amide bonds. The molecule has 0 aliphatic rings. The third-order valence-electron chi connectivity index (χ3n) is 2.06. The van der Waals surface area contributed by atoms with Gasteiger partial charge in [-0.15, -0.1) is 0 Å². The van der Waals surface area contributed by atoms with Crippen molar-refractivity contribution < 1.29 is 4.74 Å². The third-order valence-corrected chi connectivity index (χ3v) is 2.41. The summed E-state index contributed by atoms with van der Waals surface area (Å²) < 4.78 is 5.07. The first-order chi connectivity index (χ1) is 7.27. The molecule has 0 saturated carbocycles. The summed E-state index contributed by atoms with van der Waals surface area (Å²) in [6, 6.07) is 5.69. The van der Waals surface area contributed by atoms with Gasteiger partial charge in [0.15, 0.2) is 0 Å². The van der Waals surface area contributed by atoms with E-state index in [9.17, 15) is 0 Å². The average Bonchev–Trinajstić information content (AvgIpc) is 2.26. The Bertz CT molecular complexity index is 307. The fourth-order valence-corrected chi connectivity index (χ4v) is 1.51. The molecule has 84 valence electrons. The first-order valence-electron chi connectivity index (χ1n) is 4.74. The van der Waals surface area contributed by atoms with E-state index in [0.717, 1.165) is 29.3 Å². The summed E-state index contributed by atoms with van der Waals surface area (Å²) in [5, 5.41) is 3.85. The van der Waals surface area contributed by atoms with E-state index >= 15 is 0 Å². The van der Waals surface area contributed by atoms with E-state index < -0.39 is 0 Å². The minimum Gasteiger partial charge on any atom is -0.497 e. The maximum atomic E-state index is 6.07. The lowest BCUT2D eigenvalue weighted by molar-refractivity contribution is 0.414. The number of halogens is 1. The van der Waals surface area contributed by atoms with Crippen LogP contribution >= 0.6 is 11.6 Å². The van der Waals surface area contributed by atoms with Crippen LogP contribution in [0.1, 0.15) is 5.56 Å². The highest BCUT2D eigenvalue weighted by molar-refractivity contribution is 6.31. The van der Waals surface area contributed by atoms with E-state index in [1.54, 1.807) is 7.11 Å². The van der Waals surface area contributed by atoms with Gasteiger partial charge in [-0.25, -0.2) is 5.43 Å². The van der Waals surface area contributed by atoms with Crippen molar-refractivity contribution in [1.82, 2.24) is 10.7 Å². The first-order valence-corrected chi connectivity index (χ1v) is 5.12. The van der Waals surface area contributed by atoms with Gasteiger partial charge in [-0.1, -0.05) is 17.7 Å². The van der Waals surface area contributed by atoms with Crippen molar-refractivity contribution in [2.24, 2.45) is 5.84 Å². The molecular formula is C10H16ClN3O. The Morgan fingerprint density at radius 3 is 2.87 bits per heavy atom. The van der Waals surface area contributed by atoms with Crippen molar-refractivity contribution >= 4 is 11.6 Å². The van der Waals surface area contributed by atoms with Gasteiger partial charge in [0.2, 0.25) is 0 Å². The Morgan fingerprint density at radius 1 is 1.47 bits per heavy atom. The first kappa shape index (κ1) is 12.3. The molecule has 15 heavy (non-hydrogen) atoms. The summed E-state index contributed by atoms with van der Waals surface area (Å²) in [6.07, 6.45) is 0.866. The molecule has 0 fully saturated rings. The normalized spacial score (nSPS) is 10.3. The summed E-state index contributed by atoms with van der Waals surface area (Å²) in [5.41, 5.74) is 3.62. The highest BCUT2D eigenvalue weighted by Crippen LogP contribution is 2.22. The predicted molar refractivity (Wildman–Crippen MR) is 61.9 cm³/mol. The fraction of sp³-hybridized carbons (Fsp3) is 0.400. The lowest BCUT2D eigenvalue weighted by atomic mass is 10.1. The summed E-state index contributed by atoms with van der Waals surface area (Å²) in [5.74, 6) is 5.90. The van der Waals surface area contributed by atoms with Crippen LogP contribution in [0.2, 0.25) is 5.02 Å². The lowest BCUT2D eigenvalue weighted by Gasteiger charge is -2.07. The molecule has 5 heteroatoms. The molecule has 0 aliphatic carbocycles. The molecule has 1 rings (SSSR count). The van der Waals surface area contributed by atoms with E-state index in [1.807, 2.05) is 18.2 Å². The summed E-state index contributed by atoms with van der Waals surface area (Å²) in [6.45, 7) is 1.42. The standard InChI is InChI=1S/C10H16ClN3O/c1-15-9-3-2-8(10(11)6-9)4-5-13-7-14-12/h2-3,6,13-14H,4-5,7,12H2,1H3. The van der Waals surface area contributed by atoms with Gasteiger partial charge < -0.3 is 10.1 Å². The molecule has 0 saturated heterocycles. The SMILES string of the molecule is COc1ccc(CCNCNN)c(Cl)c1. The van der Waals surface area contributed by atoms with Crippen LogP contribution in [0, 0.1) is 0 Å². The molecule has 0 bridgehead atoms. The van der Waals surface area contributed by atoms with E-state index in [1.165, 1.54) is 0 Å². The van der Waals surface area contributed by atoms with Crippen LogP contribution < -0.4 is 21.3 Å². The number of methoxy groups -OCH3 is 1. The van der Waals surface area contributed by atoms with Gasteiger partial charge in [-0.05, 0) is 24.1 Å². The van der Waals surface area contributed by atoms with Crippen molar-refractivity contribution in [3.8, 4) is 5.75 Å². The zero-order chi connectivity index (χ0) is 11.1. The minimum atomic E-state index is 0.591. The number of ether oxygens (including phenoxy) is 1. The van der Waals surface area contributed by atoms with Gasteiger partial charge in [-0.2, -0.15) is 0 Å². The molecule has 4 N–H and O–H groups in total. The highest BCUT2D eigenvalue weighted by atomic mass is 35.5. The fourth-order valence-electron chi connectivity index (χ4n) is 1.24. The third kappa shape index (κ3) is 4.05. The van der Waals surface area contributed by atoms with Gasteiger partial charge in [0, 0.05) is 11.6 Å². The average molecular weight is 230 g/mol. The number of hydrogen-bond acceptors (Lipinski definition) is 4. The maximum absolute atomic E-state index is 6.07. The number of benzene rings is 1. The Morgan fingerprint density at radius 2 is 2.27 bits per heavy atom. The van der Waals surface area contributed by atoms with E-state index in [-0.39, 0.29) is 0 Å². The van der Waals surface area contributed by atoms with E-state index in [0.29, 0.717) is 6.67 Å². The Labute approximate surface area is 94.7 Å². The molecule has 0 aliphatic heterocycles. The van der Waals surface area contributed by atoms with Gasteiger partial charge in [0.1, 0.15) is 5.75 Å². The molecular weight excluding hydrogens is 214 g/mol. The summed E-state index contributed by atoms with van der Waals surface area (Å²) in [7, 11) is 1.62. The van der Waals surface area contributed by atoms with Crippen LogP contribution in [-0.4, -0.2) is 20.3 Å². The zero-order valence-electron chi connectivity index (χ0n) is 8.72. The number of nitrogens with one attached hydrogen (secondary N) is 2. The lowest BCUT2D eigenvalue weighted by Crippen LogP contribution is -2.34. The van der Waals surface area contributed by atoms with Crippen LogP contribution in [0.4, 0.5) is 0 Å². The minimum absolute atomic E-state index is 0.591. The van der Waals surface area contributed by atoms with E-state index in [2.05, 4.69) is 10.7 Å². The second-order valence-corrected chi connectivity index (χ2v) is 3.50. The zero-order valence-corrected chi connectivity index (χ0v) is 9.47. The van der Waals surface area contributed by atoms with Crippen LogP contribution in [0.25, 0.3) is 0 Å². The number of nitrogens with two attached hydrogens (primary N) is 1. The van der Waals surface area contributed by atoms with Crippen molar-refractivity contribution in [3.63, 3.8) is 0 Å². The van der Waals surface area contributed by atoms with Crippen molar-refractivity contribution in [2.75, 3.05) is 20.3 Å². The molecule has 1 aromatic carbocycles. The van der Waals surface area contributed by atoms with Gasteiger partial charge >= 0.3 is 0 Å². The van der Waals surface area contributed by atoms with Crippen LogP contribution in [0.5, 0.6) is 5.75 Å². The Hall–Kier alpha value is -0.810. The number of hydrogen-bond donors (Lipinski definition) is 3. The van der Waals surface area contributed by atoms with Crippen molar-refractivity contribution in [3.05, 3.63) is 28.8 Å². The molecule has 0 spiro atoms. The largest absolute Gasteiger partial charge is 0.497 e. The Kier molecular flexibility index (Phi) is 5.42. The van der Waals surface area contributed by atoms with Crippen LogP contribution in [0.3, 0.4) is 0 Å². The molecule has 0 aromatic heterocycles. The second kappa shape index (κ2) is 6.63.